The second-order valence-corrected chi connectivity index (χ2v) is 8.75. The number of nitrogens with one attached hydrogen (secondary N) is 1. The quantitative estimate of drug-likeness (QED) is 0.426. The Morgan fingerprint density at radius 2 is 1.71 bits per heavy atom. The van der Waals surface area contributed by atoms with Crippen molar-refractivity contribution in [1.29, 1.82) is 0 Å². The van der Waals surface area contributed by atoms with Gasteiger partial charge in [0.1, 0.15) is 4.91 Å². The first-order valence-electron chi connectivity index (χ1n) is 8.79. The van der Waals surface area contributed by atoms with Gasteiger partial charge >= 0.3 is 0 Å². The van der Waals surface area contributed by atoms with Crippen molar-refractivity contribution >= 4 is 39.5 Å². The highest BCUT2D eigenvalue weighted by atomic mass is 32.2. The maximum atomic E-state index is 12.6. The molecule has 9 nitrogen and oxygen atoms in total. The normalized spacial score (nSPS) is 15.4. The van der Waals surface area contributed by atoms with E-state index in [0.29, 0.717) is 43.9 Å². The van der Waals surface area contributed by atoms with Crippen LogP contribution < -0.4 is 15.6 Å². The summed E-state index contributed by atoms with van der Waals surface area (Å²) in [6.45, 7) is 3.34. The van der Waals surface area contributed by atoms with E-state index in [1.165, 1.54) is 6.20 Å². The zero-order chi connectivity index (χ0) is 20.7. The van der Waals surface area contributed by atoms with Crippen LogP contribution in [0.25, 0.3) is 0 Å². The lowest BCUT2D eigenvalue weighted by atomic mass is 10.1. The van der Waals surface area contributed by atoms with Gasteiger partial charge in [0.15, 0.2) is 0 Å². The molecule has 5 N–H and O–H groups in total. The topological polar surface area (TPSA) is 139 Å². The molecule has 2 amide bonds. The summed E-state index contributed by atoms with van der Waals surface area (Å²) in [6, 6.07) is 6.31. The number of nitrogens with zero attached hydrogens (tertiary/aromatic N) is 2. The summed E-state index contributed by atoms with van der Waals surface area (Å²) in [6.07, 6.45) is 1.70. The minimum Gasteiger partial charge on any atom is -0.403 e. The van der Waals surface area contributed by atoms with Gasteiger partial charge < -0.3 is 15.5 Å². The van der Waals surface area contributed by atoms with Gasteiger partial charge in [-0.05, 0) is 42.6 Å². The van der Waals surface area contributed by atoms with Crippen LogP contribution in [0.15, 0.2) is 35.4 Å². The van der Waals surface area contributed by atoms with Gasteiger partial charge in [-0.1, -0.05) is 6.92 Å². The number of anilines is 1. The molecule has 0 aromatic heterocycles. The number of nitrogens with two attached hydrogens (primary N) is 2. The van der Waals surface area contributed by atoms with Crippen LogP contribution in [0.2, 0.25) is 0 Å². The number of hydrogen-bond acceptors (Lipinski definition) is 7. The number of benzene rings is 1. The van der Waals surface area contributed by atoms with Crippen LogP contribution in [0.3, 0.4) is 0 Å². The molecule has 1 aliphatic rings. The van der Waals surface area contributed by atoms with Crippen molar-refractivity contribution in [3.63, 3.8) is 0 Å². The standard InChI is InChI=1S/C17H25N5O4S2/c1-2-11-28(25,26)20-14-5-3-13(4-6-14)16(23)21-7-9-22(10-8-21)17(24)15(12-18)27-19/h3-6,12,20H,2,7-11,18-19H2,1H3/b15-12-. The van der Waals surface area contributed by atoms with Gasteiger partial charge in [-0.2, -0.15) is 0 Å². The Morgan fingerprint density at radius 1 is 1.14 bits per heavy atom. The Hall–Kier alpha value is -2.24. The average molecular weight is 428 g/mol. The molecule has 0 aliphatic carbocycles. The monoisotopic (exact) mass is 427 g/mol. The maximum absolute atomic E-state index is 12.6. The minimum atomic E-state index is -3.37. The van der Waals surface area contributed by atoms with Crippen LogP contribution in [0.4, 0.5) is 5.69 Å². The molecular formula is C17H25N5O4S2. The number of sulfonamides is 1. The summed E-state index contributed by atoms with van der Waals surface area (Å²) in [7, 11) is -3.37. The van der Waals surface area contributed by atoms with Crippen LogP contribution in [0.1, 0.15) is 23.7 Å². The number of carbonyl (C=O) groups excluding carboxylic acids is 2. The molecule has 0 bridgehead atoms. The van der Waals surface area contributed by atoms with Crippen molar-refractivity contribution in [3.05, 3.63) is 40.9 Å². The van der Waals surface area contributed by atoms with E-state index in [1.807, 2.05) is 0 Å². The highest BCUT2D eigenvalue weighted by Gasteiger charge is 2.26. The molecule has 11 heteroatoms. The van der Waals surface area contributed by atoms with Crippen LogP contribution >= 0.6 is 11.9 Å². The minimum absolute atomic E-state index is 0.0421. The molecule has 0 atom stereocenters. The van der Waals surface area contributed by atoms with Gasteiger partial charge in [-0.25, -0.2) is 8.42 Å². The molecule has 154 valence electrons. The van der Waals surface area contributed by atoms with E-state index in [4.69, 9.17) is 10.9 Å². The fourth-order valence-corrected chi connectivity index (χ4v) is 4.24. The first kappa shape index (κ1) is 22.1. The molecule has 1 heterocycles. The van der Waals surface area contributed by atoms with E-state index < -0.39 is 10.0 Å². The maximum Gasteiger partial charge on any atom is 0.263 e. The van der Waals surface area contributed by atoms with E-state index >= 15 is 0 Å². The van der Waals surface area contributed by atoms with Crippen LogP contribution in [-0.2, 0) is 14.8 Å². The van der Waals surface area contributed by atoms with E-state index in [9.17, 15) is 18.0 Å². The van der Waals surface area contributed by atoms with Crippen molar-refractivity contribution in [2.24, 2.45) is 10.9 Å². The second kappa shape index (κ2) is 9.80. The highest BCUT2D eigenvalue weighted by Crippen LogP contribution is 2.16. The first-order chi connectivity index (χ1) is 13.3. The third-order valence-electron chi connectivity index (χ3n) is 4.22. The molecule has 1 aliphatic heterocycles. The van der Waals surface area contributed by atoms with E-state index in [1.54, 1.807) is 41.0 Å². The molecule has 0 unspecified atom stereocenters. The lowest BCUT2D eigenvalue weighted by Gasteiger charge is -2.35. The lowest BCUT2D eigenvalue weighted by molar-refractivity contribution is -0.127. The summed E-state index contributed by atoms with van der Waals surface area (Å²) >= 11 is 0.799. The molecule has 0 radical (unpaired) electrons. The van der Waals surface area contributed by atoms with Gasteiger partial charge in [-0.3, -0.25) is 19.5 Å². The zero-order valence-corrected chi connectivity index (χ0v) is 17.3. The summed E-state index contributed by atoms with van der Waals surface area (Å²) in [5.41, 5.74) is 6.27. The number of hydrogen-bond donors (Lipinski definition) is 3. The van der Waals surface area contributed by atoms with Crippen LogP contribution in [0, 0.1) is 0 Å². The van der Waals surface area contributed by atoms with Crippen molar-refractivity contribution < 1.29 is 18.0 Å². The molecule has 28 heavy (non-hydrogen) atoms. The molecular weight excluding hydrogens is 402 g/mol. The van der Waals surface area contributed by atoms with E-state index in [-0.39, 0.29) is 22.5 Å². The first-order valence-corrected chi connectivity index (χ1v) is 11.3. The summed E-state index contributed by atoms with van der Waals surface area (Å²) < 4.78 is 26.1. The van der Waals surface area contributed by atoms with Gasteiger partial charge in [0.25, 0.3) is 11.8 Å². The van der Waals surface area contributed by atoms with Gasteiger partial charge in [0.2, 0.25) is 10.0 Å². The Labute approximate surface area is 169 Å². The Kier molecular flexibility index (Phi) is 7.72. The third-order valence-corrected chi connectivity index (χ3v) is 6.28. The molecule has 0 saturated carbocycles. The molecule has 0 spiro atoms. The van der Waals surface area contributed by atoms with Crippen molar-refractivity contribution in [2.45, 2.75) is 13.3 Å². The smallest absolute Gasteiger partial charge is 0.263 e. The van der Waals surface area contributed by atoms with Crippen molar-refractivity contribution in [1.82, 2.24) is 9.80 Å². The number of piperazine rings is 1. The average Bonchev–Trinajstić information content (AvgIpc) is 2.68. The Morgan fingerprint density at radius 3 is 2.21 bits per heavy atom. The van der Waals surface area contributed by atoms with E-state index in [2.05, 4.69) is 4.72 Å². The molecule has 1 saturated heterocycles. The number of carbonyl (C=O) groups is 2. The van der Waals surface area contributed by atoms with Crippen LogP contribution in [0.5, 0.6) is 0 Å². The zero-order valence-electron chi connectivity index (χ0n) is 15.6. The fraction of sp³-hybridized carbons (Fsp3) is 0.412. The molecule has 1 aromatic carbocycles. The van der Waals surface area contributed by atoms with Crippen molar-refractivity contribution in [3.8, 4) is 0 Å². The lowest BCUT2D eigenvalue weighted by Crippen LogP contribution is -2.50. The second-order valence-electron chi connectivity index (χ2n) is 6.23. The van der Waals surface area contributed by atoms with Gasteiger partial charge in [0.05, 0.1) is 5.75 Å². The fourth-order valence-electron chi connectivity index (χ4n) is 2.79. The van der Waals surface area contributed by atoms with E-state index in [0.717, 1.165) is 11.9 Å². The third kappa shape index (κ3) is 5.63. The summed E-state index contributed by atoms with van der Waals surface area (Å²) in [4.78, 5) is 28.4. The summed E-state index contributed by atoms with van der Waals surface area (Å²) in [5, 5.41) is 5.42. The largest absolute Gasteiger partial charge is 0.403 e. The van der Waals surface area contributed by atoms with Crippen LogP contribution in [-0.4, -0.2) is 62.0 Å². The SMILES string of the molecule is CCCS(=O)(=O)Nc1ccc(C(=O)N2CCN(C(=O)/C(=C/N)SN)CC2)cc1. The molecule has 1 fully saturated rings. The number of amides is 2. The molecule has 1 aromatic rings. The predicted octanol–water partition coefficient (Wildman–Crippen LogP) is 0.530. The molecule has 2 rings (SSSR count). The predicted molar refractivity (Wildman–Crippen MR) is 111 cm³/mol. The van der Waals surface area contributed by atoms with Gasteiger partial charge in [-0.15, -0.1) is 0 Å². The van der Waals surface area contributed by atoms with Crippen molar-refractivity contribution in [2.75, 3.05) is 36.7 Å². The number of rotatable bonds is 7. The Bertz CT molecular complexity index is 832. The van der Waals surface area contributed by atoms with Gasteiger partial charge in [0, 0.05) is 43.6 Å². The Balaban J connectivity index is 1.96. The summed E-state index contributed by atoms with van der Waals surface area (Å²) in [5.74, 6) is -0.371. The highest BCUT2D eigenvalue weighted by molar-refractivity contribution is 8.01.